The van der Waals surface area contributed by atoms with Crippen LogP contribution in [0.15, 0.2) is 124 Å². The smallest absolute Gasteiger partial charge is 0.137 e. The van der Waals surface area contributed by atoms with Crippen molar-refractivity contribution in [1.82, 2.24) is 0 Å². The maximum atomic E-state index is 6.83. The minimum absolute atomic E-state index is 0.0190. The van der Waals surface area contributed by atoms with Crippen LogP contribution < -0.4 is 4.90 Å². The molecule has 248 valence electrons. The molecular formula is C47H43NO2. The summed E-state index contributed by atoms with van der Waals surface area (Å²) < 4.78 is 13.3. The van der Waals surface area contributed by atoms with E-state index in [0.29, 0.717) is 0 Å². The highest BCUT2D eigenvalue weighted by Crippen LogP contribution is 2.53. The van der Waals surface area contributed by atoms with Crippen molar-refractivity contribution >= 4 is 60.9 Å². The highest BCUT2D eigenvalue weighted by molar-refractivity contribution is 6.18. The molecule has 2 heterocycles. The maximum absolute atomic E-state index is 6.83. The summed E-state index contributed by atoms with van der Waals surface area (Å²) in [6.07, 6.45) is 0. The van der Waals surface area contributed by atoms with Crippen LogP contribution in [0.4, 0.5) is 17.1 Å². The molecule has 0 spiro atoms. The molecule has 0 saturated carbocycles. The Hall–Kier alpha value is -5.28. The molecule has 0 N–H and O–H groups in total. The molecule has 2 aromatic heterocycles. The molecule has 9 rings (SSSR count). The monoisotopic (exact) mass is 653 g/mol. The molecule has 0 amide bonds. The van der Waals surface area contributed by atoms with E-state index in [1.807, 2.05) is 6.07 Å². The van der Waals surface area contributed by atoms with Crippen LogP contribution in [0.3, 0.4) is 0 Å². The van der Waals surface area contributed by atoms with Crippen molar-refractivity contribution in [2.45, 2.75) is 71.6 Å². The predicted molar refractivity (Wildman–Crippen MR) is 211 cm³/mol. The second-order valence-electron chi connectivity index (χ2n) is 16.6. The summed E-state index contributed by atoms with van der Waals surface area (Å²) in [5, 5.41) is 4.51. The second kappa shape index (κ2) is 10.4. The van der Waals surface area contributed by atoms with Crippen LogP contribution in [-0.2, 0) is 16.2 Å². The Kier molecular flexibility index (Phi) is 6.38. The largest absolute Gasteiger partial charge is 0.456 e. The van der Waals surface area contributed by atoms with Gasteiger partial charge >= 0.3 is 0 Å². The molecule has 0 saturated heterocycles. The van der Waals surface area contributed by atoms with E-state index in [0.717, 1.165) is 55.6 Å². The van der Waals surface area contributed by atoms with Gasteiger partial charge in [0.15, 0.2) is 0 Å². The van der Waals surface area contributed by atoms with Crippen molar-refractivity contribution in [1.29, 1.82) is 0 Å². The summed E-state index contributed by atoms with van der Waals surface area (Å²) in [7, 11) is 0. The first-order valence-corrected chi connectivity index (χ1v) is 17.8. The van der Waals surface area contributed by atoms with Gasteiger partial charge in [-0.15, -0.1) is 0 Å². The standard InChI is InChI=1S/C47H43NO2/c1-45(2,3)28-25-35(46(4,5)6)43-41(26-28)50-40-22-14-19-37(44(40)43)48(36-18-13-21-39-42(36)32-16-10-12-20-38(32)49-39)29-23-24-31-30-15-9-11-17-33(30)47(7,8)34(31)27-29/h9-27H,1-8H3. The molecule has 1 aliphatic carbocycles. The predicted octanol–water partition coefficient (Wildman–Crippen LogP) is 13.9. The number of anilines is 3. The van der Waals surface area contributed by atoms with Crippen LogP contribution in [-0.4, -0.2) is 0 Å². The van der Waals surface area contributed by atoms with Crippen LogP contribution in [0.5, 0.6) is 0 Å². The molecule has 3 heteroatoms. The molecule has 0 atom stereocenters. The molecule has 50 heavy (non-hydrogen) atoms. The number of hydrogen-bond acceptors (Lipinski definition) is 3. The topological polar surface area (TPSA) is 29.5 Å². The fourth-order valence-corrected chi connectivity index (χ4v) is 8.32. The summed E-state index contributed by atoms with van der Waals surface area (Å²) in [4.78, 5) is 2.45. The molecule has 0 bridgehead atoms. The zero-order valence-electron chi connectivity index (χ0n) is 30.2. The lowest BCUT2D eigenvalue weighted by Crippen LogP contribution is -2.17. The average molecular weight is 654 g/mol. The van der Waals surface area contributed by atoms with Gasteiger partial charge in [-0.05, 0) is 92.7 Å². The summed E-state index contributed by atoms with van der Waals surface area (Å²) in [6, 6.07) is 41.9. The van der Waals surface area contributed by atoms with Gasteiger partial charge in [-0.25, -0.2) is 0 Å². The van der Waals surface area contributed by atoms with E-state index in [4.69, 9.17) is 8.83 Å². The number of fused-ring (bicyclic) bond motifs is 9. The van der Waals surface area contributed by atoms with Gasteiger partial charge in [0.05, 0.1) is 22.1 Å². The van der Waals surface area contributed by atoms with E-state index < -0.39 is 0 Å². The van der Waals surface area contributed by atoms with Gasteiger partial charge in [-0.1, -0.05) is 122 Å². The Morgan fingerprint density at radius 2 is 1.12 bits per heavy atom. The third kappa shape index (κ3) is 4.42. The first kappa shape index (κ1) is 30.8. The lowest BCUT2D eigenvalue weighted by atomic mass is 9.78. The molecule has 0 fully saturated rings. The second-order valence-corrected chi connectivity index (χ2v) is 16.6. The number of nitrogens with zero attached hydrogens (tertiary/aromatic N) is 1. The number of furan rings is 2. The van der Waals surface area contributed by atoms with Crippen molar-refractivity contribution in [2.24, 2.45) is 0 Å². The lowest BCUT2D eigenvalue weighted by Gasteiger charge is -2.30. The normalized spacial score (nSPS) is 14.2. The minimum Gasteiger partial charge on any atom is -0.456 e. The summed E-state index contributed by atoms with van der Waals surface area (Å²) >= 11 is 0. The highest BCUT2D eigenvalue weighted by atomic mass is 16.3. The van der Waals surface area contributed by atoms with Crippen LogP contribution in [0.2, 0.25) is 0 Å². The lowest BCUT2D eigenvalue weighted by molar-refractivity contribution is 0.569. The van der Waals surface area contributed by atoms with Crippen LogP contribution in [0, 0.1) is 0 Å². The van der Waals surface area contributed by atoms with E-state index in [2.05, 4.69) is 169 Å². The van der Waals surface area contributed by atoms with E-state index in [1.165, 1.54) is 38.8 Å². The van der Waals surface area contributed by atoms with Gasteiger partial charge in [0.1, 0.15) is 22.3 Å². The van der Waals surface area contributed by atoms with E-state index in [1.54, 1.807) is 0 Å². The molecule has 1 aliphatic rings. The minimum atomic E-state index is -0.140. The van der Waals surface area contributed by atoms with Gasteiger partial charge in [0.25, 0.3) is 0 Å². The van der Waals surface area contributed by atoms with Gasteiger partial charge in [-0.3, -0.25) is 0 Å². The fourth-order valence-electron chi connectivity index (χ4n) is 8.32. The van der Waals surface area contributed by atoms with Gasteiger partial charge in [0, 0.05) is 21.9 Å². The zero-order chi connectivity index (χ0) is 34.7. The highest BCUT2D eigenvalue weighted by Gasteiger charge is 2.36. The molecule has 0 radical (unpaired) electrons. The first-order chi connectivity index (χ1) is 23.8. The van der Waals surface area contributed by atoms with Crippen molar-refractivity contribution in [3.63, 3.8) is 0 Å². The number of hydrogen-bond donors (Lipinski definition) is 0. The van der Waals surface area contributed by atoms with Crippen molar-refractivity contribution in [2.75, 3.05) is 4.90 Å². The molecule has 0 aliphatic heterocycles. The third-order valence-electron chi connectivity index (χ3n) is 10.9. The van der Waals surface area contributed by atoms with Gasteiger partial charge in [0.2, 0.25) is 0 Å². The van der Waals surface area contributed by atoms with Crippen molar-refractivity contribution in [3.05, 3.63) is 138 Å². The Balaban J connectivity index is 1.40. The van der Waals surface area contributed by atoms with Crippen molar-refractivity contribution in [3.8, 4) is 11.1 Å². The Morgan fingerprint density at radius 1 is 0.500 bits per heavy atom. The van der Waals surface area contributed by atoms with E-state index in [9.17, 15) is 0 Å². The van der Waals surface area contributed by atoms with Gasteiger partial charge < -0.3 is 13.7 Å². The zero-order valence-corrected chi connectivity index (χ0v) is 30.2. The van der Waals surface area contributed by atoms with Crippen LogP contribution in [0.25, 0.3) is 55.0 Å². The Labute approximate surface area is 294 Å². The van der Waals surface area contributed by atoms with Crippen molar-refractivity contribution < 1.29 is 8.83 Å². The molecule has 8 aromatic rings. The third-order valence-corrected chi connectivity index (χ3v) is 10.9. The number of rotatable bonds is 3. The molecule has 3 nitrogen and oxygen atoms in total. The first-order valence-electron chi connectivity index (χ1n) is 17.8. The van der Waals surface area contributed by atoms with E-state index in [-0.39, 0.29) is 16.2 Å². The molecule has 6 aromatic carbocycles. The fraction of sp³-hybridized carbons (Fsp3) is 0.234. The molecule has 0 unspecified atom stereocenters. The van der Waals surface area contributed by atoms with Crippen LogP contribution in [0.1, 0.15) is 77.6 Å². The van der Waals surface area contributed by atoms with Gasteiger partial charge in [-0.2, -0.15) is 0 Å². The van der Waals surface area contributed by atoms with E-state index >= 15 is 0 Å². The SMILES string of the molecule is CC(C)(C)c1cc(C(C)(C)C)c2c(c1)oc1cccc(N(c3ccc4c(c3)C(C)(C)c3ccccc3-4)c3cccc4oc5ccccc5c34)c12. The summed E-state index contributed by atoms with van der Waals surface area (Å²) in [6.45, 7) is 18.5. The average Bonchev–Trinajstić information content (AvgIpc) is 3.72. The number of para-hydroxylation sites is 1. The maximum Gasteiger partial charge on any atom is 0.137 e. The number of benzene rings is 6. The summed E-state index contributed by atoms with van der Waals surface area (Å²) in [5.74, 6) is 0. The van der Waals surface area contributed by atoms with Crippen LogP contribution >= 0.6 is 0 Å². The summed E-state index contributed by atoms with van der Waals surface area (Å²) in [5.41, 5.74) is 14.5. The quantitative estimate of drug-likeness (QED) is 0.190. The Bertz CT molecular complexity index is 2650. The Morgan fingerprint density at radius 3 is 1.86 bits per heavy atom. The molecular weight excluding hydrogens is 611 g/mol.